The Kier molecular flexibility index (Phi) is 5.76. The van der Waals surface area contributed by atoms with Gasteiger partial charge < -0.3 is 5.32 Å². The van der Waals surface area contributed by atoms with E-state index in [4.69, 9.17) is 0 Å². The Bertz CT molecular complexity index is 889. The molecule has 0 aliphatic rings. The molecule has 2 aromatic carbocycles. The minimum Gasteiger partial charge on any atom is -0.326 e. The number of hydrogen-bond acceptors (Lipinski definition) is 4. The largest absolute Gasteiger partial charge is 0.326 e. The first-order chi connectivity index (χ1) is 12.6. The Morgan fingerprint density at radius 3 is 2.46 bits per heavy atom. The van der Waals surface area contributed by atoms with Crippen LogP contribution in [0.15, 0.2) is 60.0 Å². The topological polar surface area (TPSA) is 71.1 Å². The standard InChI is InChI=1S/C20H19N3O2S/c1-14-7-9-16(10-8-14)21-18(24)12-11-17-13-26-20(22-17)23-19(25)15-5-3-2-4-6-15/h2-10,13H,11-12H2,1H3,(H,21,24)(H,22,23,25). The Balaban J connectivity index is 1.49. The van der Waals surface area contributed by atoms with Crippen LogP contribution in [0.2, 0.25) is 0 Å². The molecule has 26 heavy (non-hydrogen) atoms. The zero-order chi connectivity index (χ0) is 18.4. The third kappa shape index (κ3) is 5.00. The summed E-state index contributed by atoms with van der Waals surface area (Å²) < 4.78 is 0. The quantitative estimate of drug-likeness (QED) is 0.685. The first-order valence-electron chi connectivity index (χ1n) is 8.27. The lowest BCUT2D eigenvalue weighted by Gasteiger charge is -2.04. The minimum absolute atomic E-state index is 0.0586. The van der Waals surface area contributed by atoms with Crippen molar-refractivity contribution < 1.29 is 9.59 Å². The second kappa shape index (κ2) is 8.40. The van der Waals surface area contributed by atoms with Crippen molar-refractivity contribution in [1.82, 2.24) is 4.98 Å². The average molecular weight is 365 g/mol. The minimum atomic E-state index is -0.191. The molecule has 0 fully saturated rings. The van der Waals surface area contributed by atoms with Gasteiger partial charge >= 0.3 is 0 Å². The summed E-state index contributed by atoms with van der Waals surface area (Å²) in [4.78, 5) is 28.5. The van der Waals surface area contributed by atoms with Gasteiger partial charge in [-0.3, -0.25) is 14.9 Å². The number of amides is 2. The molecule has 0 aliphatic carbocycles. The highest BCUT2D eigenvalue weighted by Crippen LogP contribution is 2.18. The Morgan fingerprint density at radius 2 is 1.73 bits per heavy atom. The van der Waals surface area contributed by atoms with Crippen LogP contribution >= 0.6 is 11.3 Å². The van der Waals surface area contributed by atoms with Crippen LogP contribution in [0.3, 0.4) is 0 Å². The molecule has 1 aromatic heterocycles. The SMILES string of the molecule is Cc1ccc(NC(=O)CCc2csc(NC(=O)c3ccccc3)n2)cc1. The maximum Gasteiger partial charge on any atom is 0.257 e. The van der Waals surface area contributed by atoms with Gasteiger partial charge in [-0.25, -0.2) is 4.98 Å². The van der Waals surface area contributed by atoms with E-state index in [2.05, 4.69) is 15.6 Å². The summed E-state index contributed by atoms with van der Waals surface area (Å²) in [6.07, 6.45) is 0.860. The maximum atomic E-state index is 12.1. The lowest BCUT2D eigenvalue weighted by atomic mass is 10.2. The van der Waals surface area contributed by atoms with E-state index in [1.807, 2.05) is 54.8 Å². The van der Waals surface area contributed by atoms with E-state index in [9.17, 15) is 9.59 Å². The van der Waals surface area contributed by atoms with Gasteiger partial charge in [0.1, 0.15) is 0 Å². The smallest absolute Gasteiger partial charge is 0.257 e. The molecule has 132 valence electrons. The fraction of sp³-hybridized carbons (Fsp3) is 0.150. The number of aryl methyl sites for hydroxylation is 2. The number of nitrogens with one attached hydrogen (secondary N) is 2. The van der Waals surface area contributed by atoms with Crippen LogP contribution in [0.5, 0.6) is 0 Å². The first kappa shape index (κ1) is 17.8. The monoisotopic (exact) mass is 365 g/mol. The van der Waals surface area contributed by atoms with E-state index in [0.717, 1.165) is 16.9 Å². The van der Waals surface area contributed by atoms with Crippen molar-refractivity contribution in [3.8, 4) is 0 Å². The molecule has 2 amide bonds. The van der Waals surface area contributed by atoms with Crippen molar-refractivity contribution in [2.24, 2.45) is 0 Å². The highest BCUT2D eigenvalue weighted by Gasteiger charge is 2.10. The van der Waals surface area contributed by atoms with Gasteiger partial charge in [0.25, 0.3) is 5.91 Å². The molecule has 6 heteroatoms. The lowest BCUT2D eigenvalue weighted by Crippen LogP contribution is -2.13. The number of aromatic nitrogens is 1. The normalized spacial score (nSPS) is 10.3. The van der Waals surface area contributed by atoms with E-state index in [1.54, 1.807) is 12.1 Å². The van der Waals surface area contributed by atoms with Gasteiger partial charge in [0, 0.05) is 23.1 Å². The fourth-order valence-electron chi connectivity index (χ4n) is 2.34. The van der Waals surface area contributed by atoms with Gasteiger partial charge in [-0.2, -0.15) is 0 Å². The Hall–Kier alpha value is -2.99. The number of thiazole rings is 1. The van der Waals surface area contributed by atoms with E-state index >= 15 is 0 Å². The number of benzene rings is 2. The van der Waals surface area contributed by atoms with Crippen LogP contribution in [0, 0.1) is 6.92 Å². The highest BCUT2D eigenvalue weighted by atomic mass is 32.1. The molecule has 3 rings (SSSR count). The number of carbonyl (C=O) groups excluding carboxylic acids is 2. The van der Waals surface area contributed by atoms with Crippen molar-refractivity contribution in [2.45, 2.75) is 19.8 Å². The van der Waals surface area contributed by atoms with Gasteiger partial charge in [-0.1, -0.05) is 35.9 Å². The Morgan fingerprint density at radius 1 is 1.00 bits per heavy atom. The molecule has 5 nitrogen and oxygen atoms in total. The second-order valence-electron chi connectivity index (χ2n) is 5.88. The molecule has 0 saturated heterocycles. The third-order valence-corrected chi connectivity index (χ3v) is 4.56. The maximum absolute atomic E-state index is 12.1. The van der Waals surface area contributed by atoms with Crippen LogP contribution in [0.1, 0.15) is 28.0 Å². The zero-order valence-corrected chi connectivity index (χ0v) is 15.2. The van der Waals surface area contributed by atoms with Crippen LogP contribution < -0.4 is 10.6 Å². The third-order valence-electron chi connectivity index (χ3n) is 3.75. The molecular weight excluding hydrogens is 346 g/mol. The van der Waals surface area contributed by atoms with Gasteiger partial charge in [0.15, 0.2) is 5.13 Å². The summed E-state index contributed by atoms with van der Waals surface area (Å²) in [5.41, 5.74) is 3.31. The van der Waals surface area contributed by atoms with Crippen molar-refractivity contribution in [3.05, 3.63) is 76.8 Å². The van der Waals surface area contributed by atoms with E-state index in [-0.39, 0.29) is 11.8 Å². The van der Waals surface area contributed by atoms with Crippen LogP contribution in [0.25, 0.3) is 0 Å². The van der Waals surface area contributed by atoms with Gasteiger partial charge in [0.2, 0.25) is 5.91 Å². The number of hydrogen-bond donors (Lipinski definition) is 2. The molecule has 3 aromatic rings. The number of nitrogens with zero attached hydrogens (tertiary/aromatic N) is 1. The van der Waals surface area contributed by atoms with Gasteiger partial charge in [-0.05, 0) is 37.6 Å². The predicted octanol–water partition coefficient (Wildman–Crippen LogP) is 4.28. The second-order valence-corrected chi connectivity index (χ2v) is 6.74. The summed E-state index contributed by atoms with van der Waals surface area (Å²) in [7, 11) is 0. The van der Waals surface area contributed by atoms with E-state index in [1.165, 1.54) is 11.3 Å². The zero-order valence-electron chi connectivity index (χ0n) is 14.4. The fourth-order valence-corrected chi connectivity index (χ4v) is 3.08. The number of carbonyl (C=O) groups is 2. The lowest BCUT2D eigenvalue weighted by molar-refractivity contribution is -0.116. The summed E-state index contributed by atoms with van der Waals surface area (Å²) in [5.74, 6) is -0.250. The summed E-state index contributed by atoms with van der Waals surface area (Å²) in [6, 6.07) is 16.7. The Labute approximate surface area is 156 Å². The molecule has 0 spiro atoms. The number of anilines is 2. The van der Waals surface area contributed by atoms with Crippen LogP contribution in [-0.2, 0) is 11.2 Å². The molecule has 2 N–H and O–H groups in total. The van der Waals surface area contributed by atoms with E-state index in [0.29, 0.717) is 23.5 Å². The van der Waals surface area contributed by atoms with Crippen molar-refractivity contribution in [3.63, 3.8) is 0 Å². The molecule has 0 radical (unpaired) electrons. The first-order valence-corrected chi connectivity index (χ1v) is 9.15. The van der Waals surface area contributed by atoms with E-state index < -0.39 is 0 Å². The van der Waals surface area contributed by atoms with Crippen LogP contribution in [0.4, 0.5) is 10.8 Å². The molecule has 0 aliphatic heterocycles. The van der Waals surface area contributed by atoms with Gasteiger partial charge in [0.05, 0.1) is 5.69 Å². The van der Waals surface area contributed by atoms with Crippen LogP contribution in [-0.4, -0.2) is 16.8 Å². The highest BCUT2D eigenvalue weighted by molar-refractivity contribution is 7.14. The summed E-state index contributed by atoms with van der Waals surface area (Å²) in [6.45, 7) is 2.00. The van der Waals surface area contributed by atoms with Crippen molar-refractivity contribution in [2.75, 3.05) is 10.6 Å². The molecule has 0 bridgehead atoms. The molecule has 0 saturated carbocycles. The molecule has 1 heterocycles. The predicted molar refractivity (Wildman–Crippen MR) is 105 cm³/mol. The number of rotatable bonds is 6. The molecular formula is C20H19N3O2S. The van der Waals surface area contributed by atoms with Crippen molar-refractivity contribution >= 4 is 34.0 Å². The summed E-state index contributed by atoms with van der Waals surface area (Å²) >= 11 is 1.36. The average Bonchev–Trinajstić information content (AvgIpc) is 3.10. The van der Waals surface area contributed by atoms with Gasteiger partial charge in [-0.15, -0.1) is 11.3 Å². The molecule has 0 atom stereocenters. The van der Waals surface area contributed by atoms with Crippen molar-refractivity contribution in [1.29, 1.82) is 0 Å². The molecule has 0 unspecified atom stereocenters. The summed E-state index contributed by atoms with van der Waals surface area (Å²) in [5, 5.41) is 8.04.